The maximum atomic E-state index is 5.39. The van der Waals surface area contributed by atoms with E-state index in [1.165, 1.54) is 5.69 Å². The summed E-state index contributed by atoms with van der Waals surface area (Å²) in [6, 6.07) is 7.92. The van der Waals surface area contributed by atoms with Gasteiger partial charge in [-0.05, 0) is 18.2 Å². The van der Waals surface area contributed by atoms with Crippen LogP contribution in [0, 0.1) is 0 Å². The number of furan rings is 1. The lowest BCUT2D eigenvalue weighted by atomic mass is 10.3. The number of hydrogen-bond donors (Lipinski definition) is 1. The summed E-state index contributed by atoms with van der Waals surface area (Å²) < 4.78 is 7.34. The summed E-state index contributed by atoms with van der Waals surface area (Å²) in [7, 11) is 0. The molecular weight excluding hydrogens is 254 g/mol. The molecule has 1 saturated heterocycles. The Labute approximate surface area is 116 Å². The van der Waals surface area contributed by atoms with Crippen molar-refractivity contribution in [2.75, 3.05) is 31.1 Å². The van der Waals surface area contributed by atoms with E-state index in [9.17, 15) is 0 Å². The van der Waals surface area contributed by atoms with Crippen LogP contribution in [0.3, 0.4) is 0 Å². The minimum absolute atomic E-state index is 0.729. The number of aromatic nitrogens is 3. The van der Waals surface area contributed by atoms with E-state index >= 15 is 0 Å². The third kappa shape index (κ3) is 1.85. The van der Waals surface area contributed by atoms with Gasteiger partial charge in [0.05, 0.1) is 6.26 Å². The van der Waals surface area contributed by atoms with E-state index < -0.39 is 0 Å². The van der Waals surface area contributed by atoms with Crippen molar-refractivity contribution < 1.29 is 4.42 Å². The number of pyridine rings is 1. The SMILES string of the molecule is c1coc(-c2nnc3cc(N4CCNCC4)ccn23)c1. The lowest BCUT2D eigenvalue weighted by Gasteiger charge is -2.29. The first kappa shape index (κ1) is 11.5. The molecule has 1 fully saturated rings. The Kier molecular flexibility index (Phi) is 2.67. The number of nitrogens with zero attached hydrogens (tertiary/aromatic N) is 4. The number of hydrogen-bond acceptors (Lipinski definition) is 5. The van der Waals surface area contributed by atoms with Gasteiger partial charge in [-0.3, -0.25) is 4.40 Å². The normalized spacial score (nSPS) is 15.9. The molecule has 4 rings (SSSR count). The van der Waals surface area contributed by atoms with Crippen molar-refractivity contribution >= 4 is 11.3 Å². The third-order valence-corrected chi connectivity index (χ3v) is 3.62. The van der Waals surface area contributed by atoms with Gasteiger partial charge >= 0.3 is 0 Å². The van der Waals surface area contributed by atoms with E-state index in [0.717, 1.165) is 43.4 Å². The highest BCUT2D eigenvalue weighted by Crippen LogP contribution is 2.22. The van der Waals surface area contributed by atoms with Crippen molar-refractivity contribution in [1.82, 2.24) is 19.9 Å². The topological polar surface area (TPSA) is 58.6 Å². The summed E-state index contributed by atoms with van der Waals surface area (Å²) in [6.07, 6.45) is 3.65. The summed E-state index contributed by atoms with van der Waals surface area (Å²) in [5, 5.41) is 11.8. The first-order chi connectivity index (χ1) is 9.92. The number of fused-ring (bicyclic) bond motifs is 1. The second-order valence-electron chi connectivity index (χ2n) is 4.85. The van der Waals surface area contributed by atoms with Crippen molar-refractivity contribution in [3.8, 4) is 11.6 Å². The van der Waals surface area contributed by atoms with Crippen LogP contribution in [0.15, 0.2) is 41.1 Å². The average molecular weight is 269 g/mol. The molecule has 1 aliphatic rings. The van der Waals surface area contributed by atoms with Crippen LogP contribution >= 0.6 is 0 Å². The molecule has 0 unspecified atom stereocenters. The van der Waals surface area contributed by atoms with E-state index in [1.807, 2.05) is 22.7 Å². The van der Waals surface area contributed by atoms with E-state index in [-0.39, 0.29) is 0 Å². The molecule has 0 atom stereocenters. The molecule has 4 heterocycles. The van der Waals surface area contributed by atoms with Crippen LogP contribution in [0.4, 0.5) is 5.69 Å². The van der Waals surface area contributed by atoms with Crippen molar-refractivity contribution in [2.24, 2.45) is 0 Å². The van der Waals surface area contributed by atoms with Gasteiger partial charge in [0.2, 0.25) is 5.82 Å². The van der Waals surface area contributed by atoms with Gasteiger partial charge in [-0.25, -0.2) is 0 Å². The second kappa shape index (κ2) is 4.64. The second-order valence-corrected chi connectivity index (χ2v) is 4.85. The molecule has 0 spiro atoms. The Morgan fingerprint density at radius 1 is 1.15 bits per heavy atom. The minimum Gasteiger partial charge on any atom is -0.461 e. The molecule has 0 bridgehead atoms. The Morgan fingerprint density at radius 3 is 2.85 bits per heavy atom. The summed E-state index contributed by atoms with van der Waals surface area (Å²) in [6.45, 7) is 4.09. The van der Waals surface area contributed by atoms with Crippen LogP contribution < -0.4 is 10.2 Å². The van der Waals surface area contributed by atoms with Crippen molar-refractivity contribution in [3.05, 3.63) is 36.7 Å². The highest BCUT2D eigenvalue weighted by Gasteiger charge is 2.14. The molecule has 1 N–H and O–H groups in total. The zero-order valence-electron chi connectivity index (χ0n) is 11.0. The van der Waals surface area contributed by atoms with Gasteiger partial charge in [-0.1, -0.05) is 0 Å². The van der Waals surface area contributed by atoms with Crippen LogP contribution in [0.25, 0.3) is 17.2 Å². The molecule has 6 heteroatoms. The molecule has 0 amide bonds. The van der Waals surface area contributed by atoms with Crippen molar-refractivity contribution in [3.63, 3.8) is 0 Å². The van der Waals surface area contributed by atoms with Crippen LogP contribution in [0.1, 0.15) is 0 Å². The van der Waals surface area contributed by atoms with Gasteiger partial charge in [-0.2, -0.15) is 0 Å². The van der Waals surface area contributed by atoms with Crippen molar-refractivity contribution in [1.29, 1.82) is 0 Å². The molecule has 20 heavy (non-hydrogen) atoms. The minimum atomic E-state index is 0.729. The number of piperazine rings is 1. The summed E-state index contributed by atoms with van der Waals surface area (Å²) >= 11 is 0. The van der Waals surface area contributed by atoms with Gasteiger partial charge in [0.1, 0.15) is 0 Å². The summed E-state index contributed by atoms with van der Waals surface area (Å²) in [5.41, 5.74) is 2.03. The molecule has 1 aliphatic heterocycles. The van der Waals surface area contributed by atoms with Crippen LogP contribution in [-0.4, -0.2) is 40.8 Å². The fourth-order valence-corrected chi connectivity index (χ4v) is 2.57. The maximum absolute atomic E-state index is 5.39. The average Bonchev–Trinajstić information content (AvgIpc) is 3.16. The van der Waals surface area contributed by atoms with Crippen LogP contribution in [-0.2, 0) is 0 Å². The van der Waals surface area contributed by atoms with Crippen LogP contribution in [0.5, 0.6) is 0 Å². The Balaban J connectivity index is 1.74. The molecule has 3 aromatic rings. The highest BCUT2D eigenvalue weighted by molar-refractivity contribution is 5.60. The zero-order chi connectivity index (χ0) is 13.4. The molecule has 0 saturated carbocycles. The number of anilines is 1. The molecule has 6 nitrogen and oxygen atoms in total. The van der Waals surface area contributed by atoms with Crippen LogP contribution in [0.2, 0.25) is 0 Å². The van der Waals surface area contributed by atoms with E-state index in [4.69, 9.17) is 4.42 Å². The van der Waals surface area contributed by atoms with Gasteiger partial charge in [0.15, 0.2) is 11.4 Å². The van der Waals surface area contributed by atoms with E-state index in [2.05, 4.69) is 32.5 Å². The molecule has 0 aliphatic carbocycles. The van der Waals surface area contributed by atoms with E-state index in [1.54, 1.807) is 6.26 Å². The Hall–Kier alpha value is -2.34. The third-order valence-electron chi connectivity index (χ3n) is 3.62. The largest absolute Gasteiger partial charge is 0.461 e. The standard InChI is InChI=1S/C14H15N5O/c1-2-12(20-9-1)14-17-16-13-10-11(3-6-19(13)14)18-7-4-15-5-8-18/h1-3,6,9-10,15H,4-5,7-8H2. The first-order valence-electron chi connectivity index (χ1n) is 6.76. The Bertz CT molecular complexity index is 712. The maximum Gasteiger partial charge on any atom is 0.204 e. The summed E-state index contributed by atoms with van der Waals surface area (Å²) in [5.74, 6) is 1.46. The van der Waals surface area contributed by atoms with Gasteiger partial charge in [0, 0.05) is 44.1 Å². The lowest BCUT2D eigenvalue weighted by molar-refractivity contribution is 0.576. The predicted octanol–water partition coefficient (Wildman–Crippen LogP) is 1.40. The lowest BCUT2D eigenvalue weighted by Crippen LogP contribution is -2.43. The zero-order valence-corrected chi connectivity index (χ0v) is 11.0. The fourth-order valence-electron chi connectivity index (χ4n) is 2.57. The number of nitrogens with one attached hydrogen (secondary N) is 1. The van der Waals surface area contributed by atoms with Gasteiger partial charge in [-0.15, -0.1) is 10.2 Å². The smallest absolute Gasteiger partial charge is 0.204 e. The molecule has 102 valence electrons. The number of rotatable bonds is 2. The molecular formula is C14H15N5O. The first-order valence-corrected chi connectivity index (χ1v) is 6.76. The molecule has 0 aromatic carbocycles. The van der Waals surface area contributed by atoms with Crippen molar-refractivity contribution in [2.45, 2.75) is 0 Å². The van der Waals surface area contributed by atoms with Gasteiger partial charge < -0.3 is 14.6 Å². The van der Waals surface area contributed by atoms with Gasteiger partial charge in [0.25, 0.3) is 0 Å². The fraction of sp³-hybridized carbons (Fsp3) is 0.286. The molecule has 0 radical (unpaired) electrons. The monoisotopic (exact) mass is 269 g/mol. The summed E-state index contributed by atoms with van der Waals surface area (Å²) in [4.78, 5) is 2.36. The highest BCUT2D eigenvalue weighted by atomic mass is 16.3. The predicted molar refractivity (Wildman–Crippen MR) is 75.8 cm³/mol. The molecule has 3 aromatic heterocycles. The van der Waals surface area contributed by atoms with E-state index in [0.29, 0.717) is 0 Å². The quantitative estimate of drug-likeness (QED) is 0.762. The Morgan fingerprint density at radius 2 is 2.05 bits per heavy atom.